The number of carbonyl (C=O) groups is 2. The predicted octanol–water partition coefficient (Wildman–Crippen LogP) is 4.49. The summed E-state index contributed by atoms with van der Waals surface area (Å²) in [5.74, 6) is -0.0924. The van der Waals surface area contributed by atoms with Crippen molar-refractivity contribution in [1.82, 2.24) is 10.1 Å². The van der Waals surface area contributed by atoms with Crippen LogP contribution in [0.1, 0.15) is 43.0 Å². The van der Waals surface area contributed by atoms with Crippen molar-refractivity contribution in [1.29, 1.82) is 0 Å². The number of amides is 2. The van der Waals surface area contributed by atoms with Crippen LogP contribution in [0.5, 0.6) is 0 Å². The molecule has 2 amide bonds. The number of hydrogen-bond acceptors (Lipinski definition) is 4. The van der Waals surface area contributed by atoms with E-state index < -0.39 is 0 Å². The Balaban J connectivity index is 1.73. The number of rotatable bonds is 9. The van der Waals surface area contributed by atoms with Gasteiger partial charge in [-0.25, -0.2) is 0 Å². The monoisotopic (exact) mass is 379 g/mol. The van der Waals surface area contributed by atoms with Gasteiger partial charge in [-0.05, 0) is 29.3 Å². The number of hydrogen-bond donors (Lipinski definition) is 1. The number of unbranched alkanes of at least 4 members (excludes halogenated alkanes) is 3. The van der Waals surface area contributed by atoms with E-state index in [0.717, 1.165) is 36.5 Å². The van der Waals surface area contributed by atoms with E-state index in [1.165, 1.54) is 6.26 Å². The quantitative estimate of drug-likeness (QED) is 0.556. The average molecular weight is 379 g/mol. The summed E-state index contributed by atoms with van der Waals surface area (Å²) in [5, 5.41) is 8.42. The fourth-order valence-electron chi connectivity index (χ4n) is 3.12. The molecule has 0 aliphatic heterocycles. The van der Waals surface area contributed by atoms with Gasteiger partial charge in [0.25, 0.3) is 5.91 Å². The van der Waals surface area contributed by atoms with Crippen molar-refractivity contribution < 1.29 is 14.1 Å². The summed E-state index contributed by atoms with van der Waals surface area (Å²) in [6.07, 6.45) is 5.51. The molecular weight excluding hydrogens is 354 g/mol. The van der Waals surface area contributed by atoms with E-state index in [1.54, 1.807) is 11.0 Å². The molecule has 0 radical (unpaired) electrons. The van der Waals surface area contributed by atoms with Crippen molar-refractivity contribution >= 4 is 28.4 Å². The highest BCUT2D eigenvalue weighted by Crippen LogP contribution is 2.17. The minimum atomic E-state index is -0.293. The number of anilines is 1. The van der Waals surface area contributed by atoms with Crippen LogP contribution in [-0.4, -0.2) is 35.0 Å². The van der Waals surface area contributed by atoms with Gasteiger partial charge in [0, 0.05) is 18.2 Å². The maximum Gasteiger partial charge on any atom is 0.254 e. The van der Waals surface area contributed by atoms with Gasteiger partial charge in [-0.1, -0.05) is 61.7 Å². The van der Waals surface area contributed by atoms with E-state index in [1.807, 2.05) is 42.5 Å². The van der Waals surface area contributed by atoms with Crippen LogP contribution in [-0.2, 0) is 4.79 Å². The molecule has 3 rings (SSSR count). The lowest BCUT2D eigenvalue weighted by atomic mass is 10.1. The van der Waals surface area contributed by atoms with Gasteiger partial charge >= 0.3 is 0 Å². The summed E-state index contributed by atoms with van der Waals surface area (Å²) < 4.78 is 4.72. The predicted molar refractivity (Wildman–Crippen MR) is 109 cm³/mol. The van der Waals surface area contributed by atoms with Gasteiger partial charge in [0.1, 0.15) is 12.8 Å². The topological polar surface area (TPSA) is 75.4 Å². The van der Waals surface area contributed by atoms with E-state index in [4.69, 9.17) is 4.52 Å². The Morgan fingerprint density at radius 2 is 1.86 bits per heavy atom. The molecule has 6 heteroatoms. The van der Waals surface area contributed by atoms with Crippen LogP contribution in [0.4, 0.5) is 5.82 Å². The molecule has 0 spiro atoms. The van der Waals surface area contributed by atoms with Gasteiger partial charge in [0.05, 0.1) is 0 Å². The normalized spacial score (nSPS) is 10.8. The minimum Gasteiger partial charge on any atom is -0.363 e. The van der Waals surface area contributed by atoms with Gasteiger partial charge < -0.3 is 14.7 Å². The first kappa shape index (κ1) is 19.6. The van der Waals surface area contributed by atoms with E-state index in [9.17, 15) is 9.59 Å². The Hall–Kier alpha value is -3.15. The van der Waals surface area contributed by atoms with Gasteiger partial charge in [-0.2, -0.15) is 0 Å². The Morgan fingerprint density at radius 1 is 1.04 bits per heavy atom. The first-order chi connectivity index (χ1) is 13.7. The lowest BCUT2D eigenvalue weighted by molar-refractivity contribution is -0.117. The molecule has 0 unspecified atom stereocenters. The van der Waals surface area contributed by atoms with Gasteiger partial charge in [0.15, 0.2) is 5.82 Å². The Bertz CT molecular complexity index is 922. The molecule has 0 saturated heterocycles. The molecule has 0 bridgehead atoms. The number of aromatic nitrogens is 1. The lowest BCUT2D eigenvalue weighted by Gasteiger charge is -2.22. The molecule has 0 aliphatic rings. The van der Waals surface area contributed by atoms with Crippen molar-refractivity contribution in [3.05, 3.63) is 60.4 Å². The summed E-state index contributed by atoms with van der Waals surface area (Å²) in [5.41, 5.74) is 0.587. The van der Waals surface area contributed by atoms with E-state index in [2.05, 4.69) is 17.4 Å². The van der Waals surface area contributed by atoms with Crippen molar-refractivity contribution in [2.24, 2.45) is 0 Å². The zero-order valence-electron chi connectivity index (χ0n) is 16.1. The Kier molecular flexibility index (Phi) is 6.78. The first-order valence-electron chi connectivity index (χ1n) is 9.65. The highest BCUT2D eigenvalue weighted by molar-refractivity contribution is 6.01. The summed E-state index contributed by atoms with van der Waals surface area (Å²) in [6.45, 7) is 2.66. The highest BCUT2D eigenvalue weighted by atomic mass is 16.5. The zero-order valence-corrected chi connectivity index (χ0v) is 16.1. The second-order valence-electron chi connectivity index (χ2n) is 6.78. The standard InChI is InChI=1S/C22H25N3O3/c1-2-3-4-7-13-25(16-21(26)23-20-12-14-28-24-20)22(27)19-11-10-17-8-5-6-9-18(17)15-19/h5-6,8-12,14-15H,2-4,7,13,16H2,1H3,(H,23,24,26). The third-order valence-corrected chi connectivity index (χ3v) is 4.60. The maximum absolute atomic E-state index is 13.1. The summed E-state index contributed by atoms with van der Waals surface area (Å²) >= 11 is 0. The summed E-state index contributed by atoms with van der Waals surface area (Å²) in [4.78, 5) is 27.1. The van der Waals surface area contributed by atoms with Crippen LogP contribution in [0.15, 0.2) is 59.3 Å². The van der Waals surface area contributed by atoms with Crippen LogP contribution in [0.2, 0.25) is 0 Å². The number of nitrogens with one attached hydrogen (secondary N) is 1. The molecule has 28 heavy (non-hydrogen) atoms. The smallest absolute Gasteiger partial charge is 0.254 e. The SMILES string of the molecule is CCCCCCN(CC(=O)Nc1ccon1)C(=O)c1ccc2ccccc2c1. The van der Waals surface area contributed by atoms with Crippen molar-refractivity contribution in [2.45, 2.75) is 32.6 Å². The summed E-state index contributed by atoms with van der Waals surface area (Å²) in [6, 6.07) is 15.1. The van der Waals surface area contributed by atoms with Crippen molar-refractivity contribution in [3.8, 4) is 0 Å². The van der Waals surface area contributed by atoms with Gasteiger partial charge in [0.2, 0.25) is 5.91 Å². The maximum atomic E-state index is 13.1. The lowest BCUT2D eigenvalue weighted by Crippen LogP contribution is -2.38. The van der Waals surface area contributed by atoms with Gasteiger partial charge in [-0.3, -0.25) is 9.59 Å². The van der Waals surface area contributed by atoms with Crippen molar-refractivity contribution in [3.63, 3.8) is 0 Å². The van der Waals surface area contributed by atoms with Crippen LogP contribution < -0.4 is 5.32 Å². The third-order valence-electron chi connectivity index (χ3n) is 4.60. The van der Waals surface area contributed by atoms with E-state index >= 15 is 0 Å². The molecule has 0 aliphatic carbocycles. The Labute approximate surface area is 164 Å². The fourth-order valence-corrected chi connectivity index (χ4v) is 3.12. The second kappa shape index (κ2) is 9.69. The largest absolute Gasteiger partial charge is 0.363 e. The van der Waals surface area contributed by atoms with Crippen molar-refractivity contribution in [2.75, 3.05) is 18.4 Å². The summed E-state index contributed by atoms with van der Waals surface area (Å²) in [7, 11) is 0. The fraction of sp³-hybridized carbons (Fsp3) is 0.318. The Morgan fingerprint density at radius 3 is 2.61 bits per heavy atom. The van der Waals surface area contributed by atoms with E-state index in [-0.39, 0.29) is 18.4 Å². The molecule has 3 aromatic rings. The number of nitrogens with zero attached hydrogens (tertiary/aromatic N) is 2. The van der Waals surface area contributed by atoms with Crippen LogP contribution >= 0.6 is 0 Å². The highest BCUT2D eigenvalue weighted by Gasteiger charge is 2.19. The third kappa shape index (κ3) is 5.19. The zero-order chi connectivity index (χ0) is 19.8. The number of fused-ring (bicyclic) bond motifs is 1. The molecule has 2 aromatic carbocycles. The average Bonchev–Trinajstić information content (AvgIpc) is 3.22. The second-order valence-corrected chi connectivity index (χ2v) is 6.78. The molecule has 146 valence electrons. The van der Waals surface area contributed by atoms with Crippen LogP contribution in [0.25, 0.3) is 10.8 Å². The molecule has 1 aromatic heterocycles. The molecular formula is C22H25N3O3. The minimum absolute atomic E-state index is 0.0232. The molecule has 1 N–H and O–H groups in total. The molecule has 1 heterocycles. The number of carbonyl (C=O) groups excluding carboxylic acids is 2. The van der Waals surface area contributed by atoms with Gasteiger partial charge in [-0.15, -0.1) is 0 Å². The molecule has 6 nitrogen and oxygen atoms in total. The first-order valence-corrected chi connectivity index (χ1v) is 9.65. The van der Waals surface area contributed by atoms with E-state index in [0.29, 0.717) is 17.9 Å². The molecule has 0 atom stereocenters. The van der Waals surface area contributed by atoms with Crippen LogP contribution in [0.3, 0.4) is 0 Å². The molecule has 0 fully saturated rings. The number of benzene rings is 2. The van der Waals surface area contributed by atoms with Crippen LogP contribution in [0, 0.1) is 0 Å². The molecule has 0 saturated carbocycles.